The van der Waals surface area contributed by atoms with Crippen molar-refractivity contribution in [1.82, 2.24) is 4.98 Å². The number of pyridine rings is 1. The van der Waals surface area contributed by atoms with Crippen LogP contribution in [0.2, 0.25) is 0 Å². The molecule has 1 aliphatic carbocycles. The van der Waals surface area contributed by atoms with Crippen LogP contribution < -0.4 is 10.6 Å². The molecule has 2 heterocycles. The summed E-state index contributed by atoms with van der Waals surface area (Å²) in [5.41, 5.74) is 9.78. The quantitative estimate of drug-likeness (QED) is 0.854. The van der Waals surface area contributed by atoms with Gasteiger partial charge in [0.15, 0.2) is 0 Å². The Balaban J connectivity index is 1.93. The largest absolute Gasteiger partial charge is 0.380 e. The number of hydrogen-bond donors (Lipinski definition) is 1. The minimum atomic E-state index is 0.576. The highest BCUT2D eigenvalue weighted by Crippen LogP contribution is 2.27. The molecule has 4 nitrogen and oxygen atoms in total. The normalized spacial score (nSPS) is 19.7. The van der Waals surface area contributed by atoms with Crippen LogP contribution in [0, 0.1) is 0 Å². The van der Waals surface area contributed by atoms with E-state index in [2.05, 4.69) is 11.0 Å². The van der Waals surface area contributed by atoms with Gasteiger partial charge < -0.3 is 15.4 Å². The maximum Gasteiger partial charge on any atom is 0.133 e. The Kier molecular flexibility index (Phi) is 3.48. The summed E-state index contributed by atoms with van der Waals surface area (Å²) in [6.45, 7) is 4.19. The Labute approximate surface area is 108 Å². The minimum absolute atomic E-state index is 0.576. The summed E-state index contributed by atoms with van der Waals surface area (Å²) in [4.78, 5) is 7.22. The lowest BCUT2D eigenvalue weighted by atomic mass is 10.1. The maximum atomic E-state index is 5.89. The Bertz CT molecular complexity index is 425. The molecular weight excluding hydrogens is 226 g/mol. The molecule has 0 atom stereocenters. The van der Waals surface area contributed by atoms with E-state index < -0.39 is 0 Å². The topological polar surface area (TPSA) is 51.4 Å². The van der Waals surface area contributed by atoms with E-state index in [1.165, 1.54) is 29.7 Å². The van der Waals surface area contributed by atoms with Crippen LogP contribution in [0.4, 0.5) is 5.82 Å². The first-order valence-electron chi connectivity index (χ1n) is 6.93. The van der Waals surface area contributed by atoms with Crippen LogP contribution in [0.1, 0.15) is 29.7 Å². The van der Waals surface area contributed by atoms with Crippen molar-refractivity contribution in [2.75, 3.05) is 31.2 Å². The fourth-order valence-corrected chi connectivity index (χ4v) is 2.89. The third-order valence-corrected chi connectivity index (χ3v) is 3.85. The molecule has 2 aliphatic rings. The van der Waals surface area contributed by atoms with Crippen LogP contribution in [0.3, 0.4) is 0 Å². The number of fused-ring (bicyclic) bond motifs is 1. The van der Waals surface area contributed by atoms with Gasteiger partial charge in [-0.05, 0) is 37.3 Å². The van der Waals surface area contributed by atoms with Gasteiger partial charge >= 0.3 is 0 Å². The average molecular weight is 247 g/mol. The summed E-state index contributed by atoms with van der Waals surface area (Å²) in [5.74, 6) is 1.10. The summed E-state index contributed by atoms with van der Waals surface area (Å²) in [6.07, 6.45) is 4.60. The van der Waals surface area contributed by atoms with E-state index in [1.54, 1.807) is 0 Å². The molecule has 3 rings (SSSR count). The third-order valence-electron chi connectivity index (χ3n) is 3.85. The van der Waals surface area contributed by atoms with Crippen LogP contribution in [-0.2, 0) is 24.1 Å². The second-order valence-electron chi connectivity index (χ2n) is 5.09. The lowest BCUT2D eigenvalue weighted by Crippen LogP contribution is -2.28. The van der Waals surface area contributed by atoms with Gasteiger partial charge in [-0.2, -0.15) is 0 Å². The summed E-state index contributed by atoms with van der Waals surface area (Å²) in [5, 5.41) is 0. The van der Waals surface area contributed by atoms with Crippen molar-refractivity contribution in [2.45, 2.75) is 32.2 Å². The van der Waals surface area contributed by atoms with E-state index in [9.17, 15) is 0 Å². The van der Waals surface area contributed by atoms with Crippen molar-refractivity contribution in [2.24, 2.45) is 5.73 Å². The third kappa shape index (κ3) is 2.22. The molecule has 0 spiro atoms. The van der Waals surface area contributed by atoms with E-state index in [4.69, 9.17) is 15.5 Å². The number of nitrogens with zero attached hydrogens (tertiary/aromatic N) is 2. The molecular formula is C14H21N3O. The zero-order chi connectivity index (χ0) is 12.4. The van der Waals surface area contributed by atoms with E-state index in [0.717, 1.165) is 45.0 Å². The maximum absolute atomic E-state index is 5.89. The van der Waals surface area contributed by atoms with Crippen LogP contribution >= 0.6 is 0 Å². The lowest BCUT2D eigenvalue weighted by Gasteiger charge is -2.24. The van der Waals surface area contributed by atoms with Crippen LogP contribution in [0.15, 0.2) is 6.07 Å². The highest BCUT2D eigenvalue weighted by atomic mass is 16.5. The number of nitrogens with two attached hydrogens (primary N) is 1. The number of aryl methyl sites for hydroxylation is 2. The van der Waals surface area contributed by atoms with Gasteiger partial charge in [0.05, 0.1) is 6.61 Å². The van der Waals surface area contributed by atoms with E-state index in [1.807, 2.05) is 0 Å². The van der Waals surface area contributed by atoms with Gasteiger partial charge in [-0.1, -0.05) is 0 Å². The first-order valence-corrected chi connectivity index (χ1v) is 6.93. The number of aromatic nitrogens is 1. The van der Waals surface area contributed by atoms with E-state index >= 15 is 0 Å². The minimum Gasteiger partial charge on any atom is -0.380 e. The molecule has 2 N–H and O–H groups in total. The molecule has 0 saturated carbocycles. The first-order chi connectivity index (χ1) is 8.88. The highest BCUT2D eigenvalue weighted by molar-refractivity contribution is 5.51. The average Bonchev–Trinajstić information content (AvgIpc) is 2.68. The second-order valence-corrected chi connectivity index (χ2v) is 5.09. The van der Waals surface area contributed by atoms with Crippen LogP contribution in [0.25, 0.3) is 0 Å². The van der Waals surface area contributed by atoms with E-state index in [-0.39, 0.29) is 0 Å². The highest BCUT2D eigenvalue weighted by Gasteiger charge is 2.20. The standard InChI is InChI=1S/C14H21N3O/c15-10-12-9-11-3-1-4-13(11)16-14(12)17-5-2-7-18-8-6-17/h9H,1-8,10,15H2. The SMILES string of the molecule is NCc1cc2c(nc1N1CCCOCC1)CCC2. The van der Waals surface area contributed by atoms with Gasteiger partial charge in [0.25, 0.3) is 0 Å². The number of ether oxygens (including phenoxy) is 1. The molecule has 18 heavy (non-hydrogen) atoms. The molecule has 4 heteroatoms. The zero-order valence-electron chi connectivity index (χ0n) is 10.8. The van der Waals surface area contributed by atoms with Gasteiger partial charge in [-0.25, -0.2) is 4.98 Å². The number of hydrogen-bond acceptors (Lipinski definition) is 4. The Morgan fingerprint density at radius 2 is 2.17 bits per heavy atom. The number of rotatable bonds is 2. The second kappa shape index (κ2) is 5.24. The van der Waals surface area contributed by atoms with E-state index in [0.29, 0.717) is 6.54 Å². The molecule has 1 aliphatic heterocycles. The van der Waals surface area contributed by atoms with Gasteiger partial charge in [-0.3, -0.25) is 0 Å². The predicted octanol–water partition coefficient (Wildman–Crippen LogP) is 1.26. The molecule has 1 aromatic heterocycles. The molecule has 1 fully saturated rings. The van der Waals surface area contributed by atoms with Crippen molar-refractivity contribution in [3.8, 4) is 0 Å². The van der Waals surface area contributed by atoms with Crippen molar-refractivity contribution >= 4 is 5.82 Å². The summed E-state index contributed by atoms with van der Waals surface area (Å²) in [7, 11) is 0. The fraction of sp³-hybridized carbons (Fsp3) is 0.643. The van der Waals surface area contributed by atoms with Gasteiger partial charge in [0.2, 0.25) is 0 Å². The summed E-state index contributed by atoms with van der Waals surface area (Å²) < 4.78 is 5.51. The van der Waals surface area contributed by atoms with Gasteiger partial charge in [0.1, 0.15) is 5.82 Å². The fourth-order valence-electron chi connectivity index (χ4n) is 2.89. The van der Waals surface area contributed by atoms with Crippen LogP contribution in [0.5, 0.6) is 0 Å². The van der Waals surface area contributed by atoms with Crippen molar-refractivity contribution in [3.05, 3.63) is 22.9 Å². The Morgan fingerprint density at radius 1 is 1.22 bits per heavy atom. The Hall–Kier alpha value is -1.13. The molecule has 0 aromatic carbocycles. The monoisotopic (exact) mass is 247 g/mol. The Morgan fingerprint density at radius 3 is 3.06 bits per heavy atom. The smallest absolute Gasteiger partial charge is 0.133 e. The van der Waals surface area contributed by atoms with Gasteiger partial charge in [-0.15, -0.1) is 0 Å². The molecule has 1 saturated heterocycles. The molecule has 98 valence electrons. The molecule has 0 unspecified atom stereocenters. The van der Waals surface area contributed by atoms with Crippen molar-refractivity contribution in [3.63, 3.8) is 0 Å². The van der Waals surface area contributed by atoms with Gasteiger partial charge in [0, 0.05) is 37.5 Å². The first kappa shape index (κ1) is 11.9. The predicted molar refractivity (Wildman–Crippen MR) is 71.8 cm³/mol. The van der Waals surface area contributed by atoms with Crippen molar-refractivity contribution in [1.29, 1.82) is 0 Å². The molecule has 0 amide bonds. The van der Waals surface area contributed by atoms with Crippen LogP contribution in [-0.4, -0.2) is 31.3 Å². The molecule has 0 bridgehead atoms. The number of anilines is 1. The molecule has 0 radical (unpaired) electrons. The zero-order valence-corrected chi connectivity index (χ0v) is 10.8. The lowest BCUT2D eigenvalue weighted by molar-refractivity contribution is 0.152. The summed E-state index contributed by atoms with van der Waals surface area (Å²) >= 11 is 0. The molecule has 1 aromatic rings. The van der Waals surface area contributed by atoms with Crippen molar-refractivity contribution < 1.29 is 4.74 Å². The summed E-state index contributed by atoms with van der Waals surface area (Å²) in [6, 6.07) is 2.27.